The SMILES string of the molecule is CSC1CCCN(C(=O)c2ccncc2F)CC1. The van der Waals surface area contributed by atoms with Crippen LogP contribution in [0.5, 0.6) is 0 Å². The first-order valence-electron chi connectivity index (χ1n) is 6.14. The van der Waals surface area contributed by atoms with E-state index in [9.17, 15) is 9.18 Å². The third kappa shape index (κ3) is 3.02. The lowest BCUT2D eigenvalue weighted by Crippen LogP contribution is -2.32. The fourth-order valence-corrected chi connectivity index (χ4v) is 2.97. The fourth-order valence-electron chi connectivity index (χ4n) is 2.22. The van der Waals surface area contributed by atoms with Crippen LogP contribution in [0, 0.1) is 5.82 Å². The molecule has 1 aromatic heterocycles. The van der Waals surface area contributed by atoms with E-state index in [0.717, 1.165) is 32.0 Å². The molecule has 0 spiro atoms. The first-order chi connectivity index (χ1) is 8.72. The van der Waals surface area contributed by atoms with Crippen LogP contribution in [-0.2, 0) is 0 Å². The third-order valence-corrected chi connectivity index (χ3v) is 4.44. The first kappa shape index (κ1) is 13.3. The molecule has 1 aliphatic heterocycles. The van der Waals surface area contributed by atoms with E-state index in [-0.39, 0.29) is 11.5 Å². The molecule has 5 heteroatoms. The Morgan fingerprint density at radius 2 is 2.33 bits per heavy atom. The van der Waals surface area contributed by atoms with Crippen molar-refractivity contribution in [3.8, 4) is 0 Å². The smallest absolute Gasteiger partial charge is 0.256 e. The highest BCUT2D eigenvalue weighted by Gasteiger charge is 2.22. The molecule has 1 aromatic rings. The second-order valence-electron chi connectivity index (χ2n) is 4.44. The summed E-state index contributed by atoms with van der Waals surface area (Å²) in [5.74, 6) is -0.746. The number of aromatic nitrogens is 1. The van der Waals surface area contributed by atoms with Crippen LogP contribution in [-0.4, -0.2) is 40.4 Å². The number of hydrogen-bond donors (Lipinski definition) is 0. The molecule has 1 aliphatic rings. The Hall–Kier alpha value is -1.10. The molecule has 2 heterocycles. The van der Waals surface area contributed by atoms with Gasteiger partial charge in [0.1, 0.15) is 0 Å². The van der Waals surface area contributed by atoms with Crippen molar-refractivity contribution in [3.63, 3.8) is 0 Å². The molecule has 98 valence electrons. The lowest BCUT2D eigenvalue weighted by molar-refractivity contribution is 0.0757. The average Bonchev–Trinajstić information content (AvgIpc) is 2.63. The molecule has 0 bridgehead atoms. The van der Waals surface area contributed by atoms with Gasteiger partial charge in [-0.2, -0.15) is 11.8 Å². The molecule has 0 aromatic carbocycles. The predicted octanol–water partition coefficient (Wildman–Crippen LogP) is 2.58. The minimum Gasteiger partial charge on any atom is -0.339 e. The van der Waals surface area contributed by atoms with Crippen LogP contribution in [0.25, 0.3) is 0 Å². The largest absolute Gasteiger partial charge is 0.339 e. The zero-order valence-electron chi connectivity index (χ0n) is 10.4. The van der Waals surface area contributed by atoms with Crippen LogP contribution >= 0.6 is 11.8 Å². The third-order valence-electron chi connectivity index (χ3n) is 3.30. The normalized spacial score (nSPS) is 20.6. The zero-order valence-corrected chi connectivity index (χ0v) is 11.3. The number of likely N-dealkylation sites (tertiary alicyclic amines) is 1. The van der Waals surface area contributed by atoms with E-state index in [1.165, 1.54) is 12.3 Å². The van der Waals surface area contributed by atoms with Crippen molar-refractivity contribution < 1.29 is 9.18 Å². The van der Waals surface area contributed by atoms with E-state index in [0.29, 0.717) is 11.8 Å². The van der Waals surface area contributed by atoms with Gasteiger partial charge in [-0.05, 0) is 31.6 Å². The van der Waals surface area contributed by atoms with Crippen LogP contribution in [0.2, 0.25) is 0 Å². The summed E-state index contributed by atoms with van der Waals surface area (Å²) in [4.78, 5) is 17.6. The fraction of sp³-hybridized carbons (Fsp3) is 0.538. The van der Waals surface area contributed by atoms with Gasteiger partial charge < -0.3 is 4.90 Å². The Labute approximate surface area is 111 Å². The Morgan fingerprint density at radius 3 is 3.06 bits per heavy atom. The van der Waals surface area contributed by atoms with Gasteiger partial charge in [0.05, 0.1) is 11.8 Å². The molecule has 1 fully saturated rings. The highest BCUT2D eigenvalue weighted by Crippen LogP contribution is 2.22. The van der Waals surface area contributed by atoms with Crippen molar-refractivity contribution in [1.82, 2.24) is 9.88 Å². The van der Waals surface area contributed by atoms with Gasteiger partial charge in [-0.15, -0.1) is 0 Å². The first-order valence-corrected chi connectivity index (χ1v) is 7.42. The summed E-state index contributed by atoms with van der Waals surface area (Å²) < 4.78 is 13.5. The molecule has 0 saturated carbocycles. The molecule has 3 nitrogen and oxygen atoms in total. The number of amides is 1. The molecule has 0 aliphatic carbocycles. The van der Waals surface area contributed by atoms with Gasteiger partial charge in [0.2, 0.25) is 0 Å². The summed E-state index contributed by atoms with van der Waals surface area (Å²) in [6.07, 6.45) is 7.76. The second kappa shape index (κ2) is 6.18. The lowest BCUT2D eigenvalue weighted by Gasteiger charge is -2.20. The van der Waals surface area contributed by atoms with Crippen LogP contribution in [0.1, 0.15) is 29.6 Å². The highest BCUT2D eigenvalue weighted by atomic mass is 32.2. The van der Waals surface area contributed by atoms with Crippen LogP contribution < -0.4 is 0 Å². The molecule has 0 radical (unpaired) electrons. The Balaban J connectivity index is 2.08. The maximum absolute atomic E-state index is 13.5. The number of halogens is 1. The molecule has 1 amide bonds. The summed E-state index contributed by atoms with van der Waals surface area (Å²) in [5.41, 5.74) is 0.132. The van der Waals surface area contributed by atoms with Gasteiger partial charge in [0.15, 0.2) is 5.82 Å². The van der Waals surface area contributed by atoms with E-state index < -0.39 is 5.82 Å². The van der Waals surface area contributed by atoms with E-state index >= 15 is 0 Å². The molecule has 1 unspecified atom stereocenters. The highest BCUT2D eigenvalue weighted by molar-refractivity contribution is 7.99. The Kier molecular flexibility index (Phi) is 4.58. The average molecular weight is 268 g/mol. The number of carbonyl (C=O) groups excluding carboxylic acids is 1. The van der Waals surface area contributed by atoms with Gasteiger partial charge in [-0.3, -0.25) is 9.78 Å². The van der Waals surface area contributed by atoms with Crippen molar-refractivity contribution in [2.75, 3.05) is 19.3 Å². The number of carbonyl (C=O) groups is 1. The standard InChI is InChI=1S/C13H17FN2OS/c1-18-10-3-2-7-16(8-5-10)13(17)11-4-6-15-9-12(11)14/h4,6,9-10H,2-3,5,7-8H2,1H3. The van der Waals surface area contributed by atoms with Crippen LogP contribution in [0.3, 0.4) is 0 Å². The number of pyridine rings is 1. The summed E-state index contributed by atoms with van der Waals surface area (Å²) >= 11 is 1.85. The Bertz CT molecular complexity index is 427. The Morgan fingerprint density at radius 1 is 1.50 bits per heavy atom. The van der Waals surface area contributed by atoms with Gasteiger partial charge >= 0.3 is 0 Å². The second-order valence-corrected chi connectivity index (χ2v) is 5.57. The summed E-state index contributed by atoms with van der Waals surface area (Å²) in [5, 5.41) is 0.616. The maximum atomic E-state index is 13.5. The van der Waals surface area contributed by atoms with E-state index in [1.54, 1.807) is 4.90 Å². The molecular formula is C13H17FN2OS. The van der Waals surface area contributed by atoms with Crippen molar-refractivity contribution >= 4 is 17.7 Å². The maximum Gasteiger partial charge on any atom is 0.256 e. The van der Waals surface area contributed by atoms with E-state index in [4.69, 9.17) is 0 Å². The summed E-state index contributed by atoms with van der Waals surface area (Å²) in [7, 11) is 0. The molecule has 1 atom stereocenters. The topological polar surface area (TPSA) is 33.2 Å². The molecular weight excluding hydrogens is 251 g/mol. The van der Waals surface area contributed by atoms with Crippen LogP contribution in [0.15, 0.2) is 18.5 Å². The number of hydrogen-bond acceptors (Lipinski definition) is 3. The van der Waals surface area contributed by atoms with Gasteiger partial charge in [0.25, 0.3) is 5.91 Å². The minimum absolute atomic E-state index is 0.132. The molecule has 0 N–H and O–H groups in total. The van der Waals surface area contributed by atoms with E-state index in [2.05, 4.69) is 11.2 Å². The number of nitrogens with zero attached hydrogens (tertiary/aromatic N) is 2. The van der Waals surface area contributed by atoms with Crippen molar-refractivity contribution in [2.24, 2.45) is 0 Å². The number of rotatable bonds is 2. The van der Waals surface area contributed by atoms with Gasteiger partial charge in [0, 0.05) is 24.5 Å². The van der Waals surface area contributed by atoms with Crippen LogP contribution in [0.4, 0.5) is 4.39 Å². The molecule has 18 heavy (non-hydrogen) atoms. The predicted molar refractivity (Wildman–Crippen MR) is 71.3 cm³/mol. The van der Waals surface area contributed by atoms with E-state index in [1.807, 2.05) is 11.8 Å². The monoisotopic (exact) mass is 268 g/mol. The lowest BCUT2D eigenvalue weighted by atomic mass is 10.2. The van der Waals surface area contributed by atoms with Gasteiger partial charge in [-0.1, -0.05) is 0 Å². The molecule has 2 rings (SSSR count). The zero-order chi connectivity index (χ0) is 13.0. The van der Waals surface area contributed by atoms with Crippen molar-refractivity contribution in [2.45, 2.75) is 24.5 Å². The van der Waals surface area contributed by atoms with Crippen molar-refractivity contribution in [1.29, 1.82) is 0 Å². The molecule has 1 saturated heterocycles. The summed E-state index contributed by atoms with van der Waals surface area (Å²) in [6, 6.07) is 1.45. The summed E-state index contributed by atoms with van der Waals surface area (Å²) in [6.45, 7) is 1.43. The minimum atomic E-state index is -0.534. The van der Waals surface area contributed by atoms with Crippen molar-refractivity contribution in [3.05, 3.63) is 29.8 Å². The number of thioether (sulfide) groups is 1. The van der Waals surface area contributed by atoms with Gasteiger partial charge in [-0.25, -0.2) is 4.39 Å². The quantitative estimate of drug-likeness (QED) is 0.826.